The lowest BCUT2D eigenvalue weighted by Crippen LogP contribution is -2.42. The predicted molar refractivity (Wildman–Crippen MR) is 133 cm³/mol. The maximum absolute atomic E-state index is 13.3. The first-order chi connectivity index (χ1) is 16.3. The molecule has 178 valence electrons. The fourth-order valence-electron chi connectivity index (χ4n) is 5.24. The van der Waals surface area contributed by atoms with Crippen molar-refractivity contribution in [3.05, 3.63) is 66.0 Å². The summed E-state index contributed by atoms with van der Waals surface area (Å²) in [5, 5.41) is 1.08. The minimum atomic E-state index is -3.63. The minimum Gasteiger partial charge on any atom is -0.346 e. The molecule has 1 fully saturated rings. The van der Waals surface area contributed by atoms with Crippen molar-refractivity contribution in [2.24, 2.45) is 11.8 Å². The molecule has 2 unspecified atom stereocenters. The normalized spacial score (nSPS) is 22.1. The third kappa shape index (κ3) is 4.28. The smallest absolute Gasteiger partial charge is 0.254 e. The molecule has 2 aliphatic heterocycles. The number of sulfonamides is 1. The van der Waals surface area contributed by atoms with Gasteiger partial charge < -0.3 is 9.88 Å². The van der Waals surface area contributed by atoms with E-state index in [1.807, 2.05) is 18.3 Å². The van der Waals surface area contributed by atoms with E-state index in [0.717, 1.165) is 29.4 Å². The maximum Gasteiger partial charge on any atom is 0.254 e. The van der Waals surface area contributed by atoms with Gasteiger partial charge >= 0.3 is 0 Å². The highest BCUT2D eigenvalue weighted by atomic mass is 32.2. The fraction of sp³-hybridized carbons (Fsp3) is 0.385. The maximum atomic E-state index is 13.3. The Balaban J connectivity index is 1.33. The zero-order chi connectivity index (χ0) is 23.9. The molecule has 1 aromatic carbocycles. The lowest BCUT2D eigenvalue weighted by atomic mass is 9.94. The number of carbonyl (C=O) groups excluding carboxylic acids is 1. The van der Waals surface area contributed by atoms with Gasteiger partial charge in [-0.3, -0.25) is 4.79 Å². The highest BCUT2D eigenvalue weighted by Gasteiger charge is 2.32. The minimum absolute atomic E-state index is 0.145. The van der Waals surface area contributed by atoms with Crippen LogP contribution in [0.1, 0.15) is 42.6 Å². The molecule has 0 radical (unpaired) electrons. The molecule has 8 heteroatoms. The molecule has 3 aromatic rings. The number of aromatic amines is 1. The molecule has 0 bridgehead atoms. The van der Waals surface area contributed by atoms with Crippen molar-refractivity contribution in [3.8, 4) is 0 Å². The standard InChI is InChI=1S/C26H30N4O3S/c1-18-13-19(2)17-30(16-18)34(32,33)22-6-3-5-21(14-22)26(31)29-11-8-20(9-12-29)24-15-28-25-23(24)7-4-10-27-25/h3-8,10,14-15,18-19H,9,11-13,16-17H2,1-2H3,(H,27,28). The number of hydrogen-bond donors (Lipinski definition) is 1. The summed E-state index contributed by atoms with van der Waals surface area (Å²) in [4.78, 5) is 22.8. The molecule has 2 aliphatic rings. The van der Waals surface area contributed by atoms with E-state index >= 15 is 0 Å². The van der Waals surface area contributed by atoms with Gasteiger partial charge in [-0.05, 0) is 60.6 Å². The van der Waals surface area contributed by atoms with Gasteiger partial charge in [0.2, 0.25) is 10.0 Å². The van der Waals surface area contributed by atoms with Crippen LogP contribution < -0.4 is 0 Å². The van der Waals surface area contributed by atoms with Gasteiger partial charge in [-0.15, -0.1) is 0 Å². The van der Waals surface area contributed by atoms with Crippen molar-refractivity contribution < 1.29 is 13.2 Å². The lowest BCUT2D eigenvalue weighted by Gasteiger charge is -2.34. The second-order valence-corrected chi connectivity index (χ2v) is 11.6. The summed E-state index contributed by atoms with van der Waals surface area (Å²) in [7, 11) is -3.63. The van der Waals surface area contributed by atoms with Gasteiger partial charge in [0.15, 0.2) is 0 Å². The summed E-state index contributed by atoms with van der Waals surface area (Å²) in [6.45, 7) is 6.28. The van der Waals surface area contributed by atoms with Gasteiger partial charge in [-0.25, -0.2) is 13.4 Å². The van der Waals surface area contributed by atoms with E-state index in [9.17, 15) is 13.2 Å². The average molecular weight is 479 g/mol. The van der Waals surface area contributed by atoms with Crippen LogP contribution in [0.3, 0.4) is 0 Å². The number of nitrogens with one attached hydrogen (secondary N) is 1. The average Bonchev–Trinajstić information content (AvgIpc) is 3.27. The number of pyridine rings is 1. The van der Waals surface area contributed by atoms with Gasteiger partial charge in [0.1, 0.15) is 5.65 Å². The summed E-state index contributed by atoms with van der Waals surface area (Å²) >= 11 is 0. The van der Waals surface area contributed by atoms with Crippen LogP contribution in [-0.4, -0.2) is 59.7 Å². The van der Waals surface area contributed by atoms with E-state index in [1.165, 1.54) is 11.6 Å². The molecule has 2 atom stereocenters. The Hall–Kier alpha value is -2.97. The molecular weight excluding hydrogens is 448 g/mol. The van der Waals surface area contributed by atoms with Crippen molar-refractivity contribution in [1.82, 2.24) is 19.2 Å². The van der Waals surface area contributed by atoms with Gasteiger partial charge in [0.05, 0.1) is 4.90 Å². The number of H-pyrrole nitrogens is 1. The molecule has 1 amide bonds. The third-order valence-electron chi connectivity index (χ3n) is 6.85. The third-order valence-corrected chi connectivity index (χ3v) is 8.68. The number of carbonyl (C=O) groups is 1. The molecule has 5 rings (SSSR count). The number of amides is 1. The van der Waals surface area contributed by atoms with E-state index in [4.69, 9.17) is 0 Å². The van der Waals surface area contributed by atoms with Crippen molar-refractivity contribution in [2.75, 3.05) is 26.2 Å². The van der Waals surface area contributed by atoms with Crippen LogP contribution in [0.25, 0.3) is 16.6 Å². The summed E-state index contributed by atoms with van der Waals surface area (Å²) < 4.78 is 28.2. The topological polar surface area (TPSA) is 86.4 Å². The van der Waals surface area contributed by atoms with E-state index in [2.05, 4.69) is 29.9 Å². The molecule has 1 N–H and O–H groups in total. The summed E-state index contributed by atoms with van der Waals surface area (Å²) in [5.41, 5.74) is 3.57. The van der Waals surface area contributed by atoms with Crippen LogP contribution >= 0.6 is 0 Å². The Bertz CT molecular complexity index is 1350. The molecule has 0 aliphatic carbocycles. The number of piperidine rings is 1. The van der Waals surface area contributed by atoms with Crippen LogP contribution in [0.4, 0.5) is 0 Å². The van der Waals surface area contributed by atoms with Crippen LogP contribution in [0.5, 0.6) is 0 Å². The second kappa shape index (κ2) is 9.00. The Morgan fingerprint density at radius 2 is 1.91 bits per heavy atom. The molecule has 4 heterocycles. The van der Waals surface area contributed by atoms with Crippen LogP contribution in [0.2, 0.25) is 0 Å². The van der Waals surface area contributed by atoms with E-state index in [0.29, 0.717) is 43.6 Å². The van der Waals surface area contributed by atoms with Crippen molar-refractivity contribution in [1.29, 1.82) is 0 Å². The van der Waals surface area contributed by atoms with Gasteiger partial charge in [-0.1, -0.05) is 26.0 Å². The zero-order valence-corrected chi connectivity index (χ0v) is 20.4. The van der Waals surface area contributed by atoms with E-state index < -0.39 is 10.0 Å². The van der Waals surface area contributed by atoms with Crippen LogP contribution in [-0.2, 0) is 10.0 Å². The van der Waals surface area contributed by atoms with Crippen molar-refractivity contribution in [2.45, 2.75) is 31.6 Å². The zero-order valence-electron chi connectivity index (χ0n) is 19.6. The molecule has 1 saturated heterocycles. The first-order valence-corrected chi connectivity index (χ1v) is 13.3. The SMILES string of the molecule is CC1CC(C)CN(S(=O)(=O)c2cccc(C(=O)N3CC=C(c4c[nH]c5ncccc45)CC3)c2)C1. The van der Waals surface area contributed by atoms with Crippen LogP contribution in [0, 0.1) is 11.8 Å². The largest absolute Gasteiger partial charge is 0.346 e. The van der Waals surface area contributed by atoms with Crippen molar-refractivity contribution in [3.63, 3.8) is 0 Å². The number of aromatic nitrogens is 2. The first kappa shape index (κ1) is 22.8. The lowest BCUT2D eigenvalue weighted by molar-refractivity contribution is 0.0772. The highest BCUT2D eigenvalue weighted by molar-refractivity contribution is 7.89. The van der Waals surface area contributed by atoms with Crippen LogP contribution in [0.15, 0.2) is 59.8 Å². The number of hydrogen-bond acceptors (Lipinski definition) is 4. The monoisotopic (exact) mass is 478 g/mol. The van der Waals surface area contributed by atoms with E-state index in [1.54, 1.807) is 33.6 Å². The Morgan fingerprint density at radius 3 is 2.65 bits per heavy atom. The molecule has 0 saturated carbocycles. The number of benzene rings is 1. The molecule has 34 heavy (non-hydrogen) atoms. The highest BCUT2D eigenvalue weighted by Crippen LogP contribution is 2.30. The summed E-state index contributed by atoms with van der Waals surface area (Å²) in [5.74, 6) is 0.504. The first-order valence-electron chi connectivity index (χ1n) is 11.8. The second-order valence-electron chi connectivity index (χ2n) is 9.63. The molecule has 7 nitrogen and oxygen atoms in total. The Kier molecular flexibility index (Phi) is 6.04. The molecular formula is C26H30N4O3S. The quantitative estimate of drug-likeness (QED) is 0.610. The number of fused-ring (bicyclic) bond motifs is 1. The number of nitrogens with zero attached hydrogens (tertiary/aromatic N) is 3. The van der Waals surface area contributed by atoms with Gasteiger partial charge in [-0.2, -0.15) is 4.31 Å². The van der Waals surface area contributed by atoms with Crippen molar-refractivity contribution >= 4 is 32.5 Å². The van der Waals surface area contributed by atoms with Gasteiger partial charge in [0, 0.05) is 55.1 Å². The van der Waals surface area contributed by atoms with E-state index in [-0.39, 0.29) is 10.8 Å². The fourth-order valence-corrected chi connectivity index (χ4v) is 6.97. The molecule has 2 aromatic heterocycles. The number of rotatable bonds is 4. The Labute approximate surface area is 200 Å². The van der Waals surface area contributed by atoms with Gasteiger partial charge in [0.25, 0.3) is 5.91 Å². The molecule has 0 spiro atoms. The summed E-state index contributed by atoms with van der Waals surface area (Å²) in [6.07, 6.45) is 7.57. The predicted octanol–water partition coefficient (Wildman–Crippen LogP) is 4.16. The summed E-state index contributed by atoms with van der Waals surface area (Å²) in [6, 6.07) is 10.5. The Morgan fingerprint density at radius 1 is 1.12 bits per heavy atom.